The van der Waals surface area contributed by atoms with Crippen molar-refractivity contribution in [1.82, 2.24) is 14.5 Å². The molecule has 0 spiro atoms. The number of Topliss-reactive ketones (excluding diaryl/α,β-unsaturated/α-hetero) is 1. The molecule has 11 heteroatoms. The van der Waals surface area contributed by atoms with Crippen LogP contribution in [0, 0.1) is 0 Å². The molecule has 0 unspecified atom stereocenters. The first-order valence-corrected chi connectivity index (χ1v) is 12.7. The molecule has 0 radical (unpaired) electrons. The van der Waals surface area contributed by atoms with Crippen LogP contribution in [0.2, 0.25) is 5.02 Å². The van der Waals surface area contributed by atoms with Crippen molar-refractivity contribution in [3.63, 3.8) is 0 Å². The smallest absolute Gasteiger partial charge is 0.277 e. The zero-order valence-electron chi connectivity index (χ0n) is 16.9. The van der Waals surface area contributed by atoms with E-state index in [2.05, 4.69) is 10.2 Å². The lowest BCUT2D eigenvalue weighted by Crippen LogP contribution is -2.27. The van der Waals surface area contributed by atoms with Gasteiger partial charge in [-0.3, -0.25) is 4.79 Å². The van der Waals surface area contributed by atoms with Crippen LogP contribution in [0.1, 0.15) is 29.1 Å². The molecule has 1 aromatic heterocycles. The van der Waals surface area contributed by atoms with Crippen LogP contribution in [0.4, 0.5) is 0 Å². The van der Waals surface area contributed by atoms with E-state index < -0.39 is 10.0 Å². The van der Waals surface area contributed by atoms with Crippen LogP contribution < -0.4 is 4.74 Å². The molecule has 4 rings (SSSR count). The van der Waals surface area contributed by atoms with Gasteiger partial charge in [-0.1, -0.05) is 35.5 Å². The molecule has 0 saturated carbocycles. The highest BCUT2D eigenvalue weighted by Gasteiger charge is 2.27. The van der Waals surface area contributed by atoms with Crippen molar-refractivity contribution in [2.24, 2.45) is 0 Å². The third-order valence-corrected chi connectivity index (χ3v) is 7.81. The van der Waals surface area contributed by atoms with Gasteiger partial charge in [-0.05, 0) is 49.2 Å². The lowest BCUT2D eigenvalue weighted by atomic mass is 10.1. The van der Waals surface area contributed by atoms with Gasteiger partial charge in [-0.2, -0.15) is 4.31 Å². The summed E-state index contributed by atoms with van der Waals surface area (Å²) in [4.78, 5) is 12.7. The van der Waals surface area contributed by atoms with Gasteiger partial charge in [0.1, 0.15) is 5.75 Å². The number of ether oxygens (including phenoxy) is 1. The fourth-order valence-electron chi connectivity index (χ4n) is 3.13. The van der Waals surface area contributed by atoms with E-state index in [9.17, 15) is 13.2 Å². The average molecular weight is 494 g/mol. The summed E-state index contributed by atoms with van der Waals surface area (Å²) in [6.07, 6.45) is 1.75. The van der Waals surface area contributed by atoms with Gasteiger partial charge in [0, 0.05) is 23.7 Å². The Morgan fingerprint density at radius 1 is 1.06 bits per heavy atom. The highest BCUT2D eigenvalue weighted by atomic mass is 35.5. The molecule has 1 aliphatic heterocycles. The number of benzene rings is 2. The van der Waals surface area contributed by atoms with Crippen molar-refractivity contribution >= 4 is 39.2 Å². The molecule has 0 amide bonds. The zero-order valence-corrected chi connectivity index (χ0v) is 19.3. The summed E-state index contributed by atoms with van der Waals surface area (Å²) in [6, 6.07) is 12.9. The summed E-state index contributed by atoms with van der Waals surface area (Å²) >= 11 is 6.94. The van der Waals surface area contributed by atoms with Gasteiger partial charge in [0.2, 0.25) is 10.0 Å². The number of ketones is 1. The SMILES string of the molecule is O=C(CSc1nnc(COc2ccc(Cl)cc2)o1)c1ccc(S(=O)(=O)N2CCCC2)cc1. The van der Waals surface area contributed by atoms with Crippen molar-refractivity contribution in [2.75, 3.05) is 18.8 Å². The number of carbonyl (C=O) groups is 1. The van der Waals surface area contributed by atoms with Gasteiger partial charge in [-0.15, -0.1) is 10.2 Å². The van der Waals surface area contributed by atoms with E-state index >= 15 is 0 Å². The molecule has 1 aliphatic rings. The second-order valence-electron chi connectivity index (χ2n) is 7.05. The van der Waals surface area contributed by atoms with Crippen molar-refractivity contribution in [3.05, 3.63) is 65.0 Å². The van der Waals surface area contributed by atoms with Crippen molar-refractivity contribution in [3.8, 4) is 5.75 Å². The van der Waals surface area contributed by atoms with Crippen LogP contribution in [0.25, 0.3) is 0 Å². The maximum absolute atomic E-state index is 12.6. The predicted molar refractivity (Wildman–Crippen MR) is 120 cm³/mol. The minimum atomic E-state index is -3.50. The van der Waals surface area contributed by atoms with Crippen molar-refractivity contribution in [1.29, 1.82) is 0 Å². The first kappa shape index (κ1) is 22.8. The minimum absolute atomic E-state index is 0.0812. The van der Waals surface area contributed by atoms with Gasteiger partial charge in [0.25, 0.3) is 11.1 Å². The topological polar surface area (TPSA) is 103 Å². The fraction of sp³-hybridized carbons (Fsp3) is 0.286. The normalized spacial score (nSPS) is 14.5. The first-order chi connectivity index (χ1) is 15.4. The van der Waals surface area contributed by atoms with Gasteiger partial charge >= 0.3 is 0 Å². The molecule has 168 valence electrons. The zero-order chi connectivity index (χ0) is 22.6. The summed E-state index contributed by atoms with van der Waals surface area (Å²) in [6.45, 7) is 1.17. The van der Waals surface area contributed by atoms with Gasteiger partial charge < -0.3 is 9.15 Å². The quantitative estimate of drug-likeness (QED) is 0.325. The molecule has 0 N–H and O–H groups in total. The first-order valence-electron chi connectivity index (χ1n) is 9.89. The summed E-state index contributed by atoms with van der Waals surface area (Å²) < 4.78 is 37.7. The van der Waals surface area contributed by atoms with Gasteiger partial charge in [0.15, 0.2) is 12.4 Å². The number of carbonyl (C=O) groups excluding carboxylic acids is 1. The van der Waals surface area contributed by atoms with E-state index in [1.54, 1.807) is 24.3 Å². The highest BCUT2D eigenvalue weighted by Crippen LogP contribution is 2.23. The number of aromatic nitrogens is 2. The van der Waals surface area contributed by atoms with Gasteiger partial charge in [0.05, 0.1) is 10.6 Å². The summed E-state index contributed by atoms with van der Waals surface area (Å²) in [5.74, 6) is 0.813. The van der Waals surface area contributed by atoms with Crippen molar-refractivity contribution < 1.29 is 22.4 Å². The molecule has 0 aliphatic carbocycles. The molecule has 1 fully saturated rings. The highest BCUT2D eigenvalue weighted by molar-refractivity contribution is 7.99. The molecule has 0 atom stereocenters. The molecular formula is C21H20ClN3O5S2. The number of thioether (sulfide) groups is 1. The third-order valence-electron chi connectivity index (χ3n) is 4.83. The number of halogens is 1. The Hall–Kier alpha value is -2.40. The fourth-order valence-corrected chi connectivity index (χ4v) is 5.45. The Kier molecular flexibility index (Phi) is 7.14. The van der Waals surface area contributed by atoms with E-state index in [4.69, 9.17) is 20.8 Å². The molecule has 2 aromatic carbocycles. The van der Waals surface area contributed by atoms with Crippen LogP contribution in [-0.4, -0.2) is 47.5 Å². The average Bonchev–Trinajstić information content (AvgIpc) is 3.50. The Labute approximate surface area is 195 Å². The van der Waals surface area contributed by atoms with Crippen LogP contribution in [0.5, 0.6) is 5.75 Å². The largest absolute Gasteiger partial charge is 0.484 e. The number of hydrogen-bond acceptors (Lipinski definition) is 8. The van der Waals surface area contributed by atoms with E-state index in [0.717, 1.165) is 24.6 Å². The molecule has 8 nitrogen and oxygen atoms in total. The van der Waals surface area contributed by atoms with E-state index in [0.29, 0.717) is 29.4 Å². The monoisotopic (exact) mass is 493 g/mol. The lowest BCUT2D eigenvalue weighted by molar-refractivity contribution is 0.102. The van der Waals surface area contributed by atoms with Crippen LogP contribution in [0.15, 0.2) is 63.1 Å². The second kappa shape index (κ2) is 10.0. The minimum Gasteiger partial charge on any atom is -0.484 e. The standard InChI is InChI=1S/C21H20ClN3O5S2/c22-16-5-7-17(8-6-16)29-13-20-23-24-21(30-20)31-14-19(26)15-3-9-18(10-4-15)32(27,28)25-11-1-2-12-25/h3-10H,1-2,11-14H2. The predicted octanol–water partition coefficient (Wildman–Crippen LogP) is 4.06. The Morgan fingerprint density at radius 2 is 1.75 bits per heavy atom. The summed E-state index contributed by atoms with van der Waals surface area (Å²) in [7, 11) is -3.50. The Balaban J connectivity index is 1.29. The van der Waals surface area contributed by atoms with Crippen LogP contribution in [-0.2, 0) is 16.6 Å². The molecule has 32 heavy (non-hydrogen) atoms. The Bertz CT molecular complexity index is 1170. The van der Waals surface area contributed by atoms with E-state index in [-0.39, 0.29) is 34.2 Å². The summed E-state index contributed by atoms with van der Waals surface area (Å²) in [5.41, 5.74) is 0.420. The van der Waals surface area contributed by atoms with E-state index in [1.807, 2.05) is 0 Å². The maximum Gasteiger partial charge on any atom is 0.277 e. The van der Waals surface area contributed by atoms with Crippen LogP contribution in [0.3, 0.4) is 0 Å². The van der Waals surface area contributed by atoms with E-state index in [1.165, 1.54) is 28.6 Å². The molecular weight excluding hydrogens is 474 g/mol. The third kappa shape index (κ3) is 5.50. The molecule has 0 bridgehead atoms. The number of sulfonamides is 1. The number of rotatable bonds is 9. The second-order valence-corrected chi connectivity index (χ2v) is 10.4. The Morgan fingerprint density at radius 3 is 2.44 bits per heavy atom. The number of hydrogen-bond donors (Lipinski definition) is 0. The summed E-state index contributed by atoms with van der Waals surface area (Å²) in [5, 5.41) is 8.68. The van der Waals surface area contributed by atoms with Gasteiger partial charge in [-0.25, -0.2) is 8.42 Å². The molecule has 1 saturated heterocycles. The number of nitrogens with zero attached hydrogens (tertiary/aromatic N) is 3. The molecule has 2 heterocycles. The van der Waals surface area contributed by atoms with Crippen LogP contribution >= 0.6 is 23.4 Å². The maximum atomic E-state index is 12.6. The van der Waals surface area contributed by atoms with Crippen molar-refractivity contribution in [2.45, 2.75) is 29.6 Å². The lowest BCUT2D eigenvalue weighted by Gasteiger charge is -2.15. The molecule has 3 aromatic rings.